The van der Waals surface area contributed by atoms with Crippen LogP contribution in [0.25, 0.3) is 0 Å². The van der Waals surface area contributed by atoms with E-state index in [9.17, 15) is 4.79 Å². The number of hydrogen-bond acceptors (Lipinski definition) is 1. The largest absolute Gasteiger partial charge is 0.299 e. The van der Waals surface area contributed by atoms with E-state index in [2.05, 4.69) is 20.8 Å². The molecule has 0 radical (unpaired) electrons. The van der Waals surface area contributed by atoms with Crippen molar-refractivity contribution in [3.8, 4) is 0 Å². The second-order valence-corrected chi connectivity index (χ2v) is 4.96. The molecule has 0 bridgehead atoms. The zero-order valence-corrected chi connectivity index (χ0v) is 9.88. The average Bonchev–Trinajstić information content (AvgIpc) is 2.21. The molecule has 1 nitrogen and oxygen atoms in total. The van der Waals surface area contributed by atoms with Crippen LogP contribution in [0.2, 0.25) is 0 Å². The van der Waals surface area contributed by atoms with Gasteiger partial charge in [0.25, 0.3) is 0 Å². The van der Waals surface area contributed by atoms with Gasteiger partial charge >= 0.3 is 0 Å². The Bertz CT molecular complexity index is 184. The molecule has 3 unspecified atom stereocenters. The molecule has 14 heavy (non-hydrogen) atoms. The van der Waals surface area contributed by atoms with Gasteiger partial charge in [-0.3, -0.25) is 4.79 Å². The molecule has 0 aliphatic heterocycles. The van der Waals surface area contributed by atoms with Gasteiger partial charge < -0.3 is 0 Å². The average molecular weight is 196 g/mol. The van der Waals surface area contributed by atoms with Gasteiger partial charge in [0, 0.05) is 12.3 Å². The monoisotopic (exact) mass is 196 g/mol. The molecule has 0 heterocycles. The van der Waals surface area contributed by atoms with Crippen molar-refractivity contribution in [3.63, 3.8) is 0 Å². The van der Waals surface area contributed by atoms with Gasteiger partial charge in [-0.25, -0.2) is 0 Å². The fraction of sp³-hybridized carbons (Fsp3) is 0.923. The van der Waals surface area contributed by atoms with E-state index in [0.29, 0.717) is 11.7 Å². The lowest BCUT2D eigenvalue weighted by Crippen LogP contribution is -2.26. The van der Waals surface area contributed by atoms with Crippen molar-refractivity contribution in [2.45, 2.75) is 59.3 Å². The number of ketones is 1. The van der Waals surface area contributed by atoms with Crippen molar-refractivity contribution < 1.29 is 4.79 Å². The van der Waals surface area contributed by atoms with E-state index >= 15 is 0 Å². The minimum absolute atomic E-state index is 0.392. The number of carbonyl (C=O) groups excluding carboxylic acids is 1. The lowest BCUT2D eigenvalue weighted by molar-refractivity contribution is -0.126. The predicted octanol–water partition coefficient (Wildman–Crippen LogP) is 3.82. The van der Waals surface area contributed by atoms with Crippen molar-refractivity contribution in [3.05, 3.63) is 0 Å². The van der Waals surface area contributed by atoms with Gasteiger partial charge in [0.2, 0.25) is 0 Å². The molecule has 1 rings (SSSR count). The Hall–Kier alpha value is -0.330. The van der Waals surface area contributed by atoms with Crippen molar-refractivity contribution in [1.82, 2.24) is 0 Å². The SMILES string of the molecule is CCC(C)CC1CC(CC)CCC1=O. The molecular weight excluding hydrogens is 172 g/mol. The first-order chi connectivity index (χ1) is 6.67. The van der Waals surface area contributed by atoms with Crippen molar-refractivity contribution in [2.24, 2.45) is 17.8 Å². The Morgan fingerprint density at radius 3 is 2.71 bits per heavy atom. The van der Waals surface area contributed by atoms with Crippen molar-refractivity contribution >= 4 is 5.78 Å². The molecule has 0 amide bonds. The molecular formula is C13H24O. The van der Waals surface area contributed by atoms with Gasteiger partial charge in [-0.05, 0) is 31.1 Å². The van der Waals surface area contributed by atoms with Crippen LogP contribution in [0.4, 0.5) is 0 Å². The van der Waals surface area contributed by atoms with E-state index in [4.69, 9.17) is 0 Å². The van der Waals surface area contributed by atoms with Crippen LogP contribution in [-0.2, 0) is 4.79 Å². The Morgan fingerprint density at radius 1 is 1.43 bits per heavy atom. The summed E-state index contributed by atoms with van der Waals surface area (Å²) >= 11 is 0. The van der Waals surface area contributed by atoms with Gasteiger partial charge in [-0.2, -0.15) is 0 Å². The van der Waals surface area contributed by atoms with E-state index in [1.165, 1.54) is 19.3 Å². The number of carbonyl (C=O) groups is 1. The third-order valence-electron chi connectivity index (χ3n) is 3.83. The van der Waals surface area contributed by atoms with Gasteiger partial charge in [0.1, 0.15) is 5.78 Å². The highest BCUT2D eigenvalue weighted by Gasteiger charge is 2.28. The molecule has 82 valence electrons. The molecule has 0 spiro atoms. The van der Waals surface area contributed by atoms with Crippen LogP contribution >= 0.6 is 0 Å². The molecule has 1 aliphatic rings. The van der Waals surface area contributed by atoms with E-state index in [1.54, 1.807) is 0 Å². The molecule has 3 atom stereocenters. The second kappa shape index (κ2) is 5.53. The minimum Gasteiger partial charge on any atom is -0.299 e. The third kappa shape index (κ3) is 3.11. The number of hydrogen-bond donors (Lipinski definition) is 0. The molecule has 1 aliphatic carbocycles. The van der Waals surface area contributed by atoms with Crippen LogP contribution < -0.4 is 0 Å². The second-order valence-electron chi connectivity index (χ2n) is 4.96. The maximum atomic E-state index is 11.7. The van der Waals surface area contributed by atoms with Crippen LogP contribution in [0.3, 0.4) is 0 Å². The van der Waals surface area contributed by atoms with Crippen molar-refractivity contribution in [1.29, 1.82) is 0 Å². The first-order valence-electron chi connectivity index (χ1n) is 6.20. The summed E-state index contributed by atoms with van der Waals surface area (Å²) in [5, 5.41) is 0. The summed E-state index contributed by atoms with van der Waals surface area (Å²) in [7, 11) is 0. The summed E-state index contributed by atoms with van der Waals surface area (Å²) in [4.78, 5) is 11.7. The smallest absolute Gasteiger partial charge is 0.136 e. The zero-order chi connectivity index (χ0) is 10.6. The molecule has 1 fully saturated rings. The summed E-state index contributed by atoms with van der Waals surface area (Å²) in [6, 6.07) is 0. The van der Waals surface area contributed by atoms with Crippen LogP contribution in [0, 0.1) is 17.8 Å². The third-order valence-corrected chi connectivity index (χ3v) is 3.83. The maximum absolute atomic E-state index is 11.7. The molecule has 0 aromatic rings. The summed E-state index contributed by atoms with van der Waals surface area (Å²) < 4.78 is 0. The van der Waals surface area contributed by atoms with Crippen LogP contribution in [0.5, 0.6) is 0 Å². The van der Waals surface area contributed by atoms with E-state index in [1.807, 2.05) is 0 Å². The first kappa shape index (κ1) is 11.7. The summed E-state index contributed by atoms with van der Waals surface area (Å²) in [5.74, 6) is 2.47. The molecule has 1 heteroatoms. The highest BCUT2D eigenvalue weighted by atomic mass is 16.1. The van der Waals surface area contributed by atoms with Crippen LogP contribution in [-0.4, -0.2) is 5.78 Å². The maximum Gasteiger partial charge on any atom is 0.136 e. The zero-order valence-electron chi connectivity index (χ0n) is 9.88. The quantitative estimate of drug-likeness (QED) is 0.668. The van der Waals surface area contributed by atoms with Crippen LogP contribution in [0.15, 0.2) is 0 Å². The molecule has 1 saturated carbocycles. The molecule has 0 N–H and O–H groups in total. The lowest BCUT2D eigenvalue weighted by atomic mass is 9.75. The first-order valence-corrected chi connectivity index (χ1v) is 6.20. The number of Topliss-reactive ketones (excluding diaryl/α,β-unsaturated/α-hetero) is 1. The Morgan fingerprint density at radius 2 is 2.14 bits per heavy atom. The molecule has 0 aromatic carbocycles. The van der Waals surface area contributed by atoms with Gasteiger partial charge in [-0.15, -0.1) is 0 Å². The minimum atomic E-state index is 0.392. The highest BCUT2D eigenvalue weighted by molar-refractivity contribution is 5.81. The fourth-order valence-corrected chi connectivity index (χ4v) is 2.45. The summed E-state index contributed by atoms with van der Waals surface area (Å²) in [6.07, 6.45) is 6.75. The summed E-state index contributed by atoms with van der Waals surface area (Å²) in [6.45, 7) is 6.74. The van der Waals surface area contributed by atoms with E-state index in [0.717, 1.165) is 31.1 Å². The van der Waals surface area contributed by atoms with E-state index < -0.39 is 0 Å². The lowest BCUT2D eigenvalue weighted by Gasteiger charge is -2.28. The standard InChI is InChI=1S/C13H24O/c1-4-10(3)8-12-9-11(5-2)6-7-13(12)14/h10-12H,4-9H2,1-3H3. The van der Waals surface area contributed by atoms with Gasteiger partial charge in [-0.1, -0.05) is 33.6 Å². The van der Waals surface area contributed by atoms with Gasteiger partial charge in [0.15, 0.2) is 0 Å². The fourth-order valence-electron chi connectivity index (χ4n) is 2.45. The van der Waals surface area contributed by atoms with Crippen LogP contribution in [0.1, 0.15) is 59.3 Å². The highest BCUT2D eigenvalue weighted by Crippen LogP contribution is 2.32. The van der Waals surface area contributed by atoms with Gasteiger partial charge in [0.05, 0.1) is 0 Å². The topological polar surface area (TPSA) is 17.1 Å². The molecule has 0 aromatic heterocycles. The normalized spacial score (nSPS) is 30.4. The Labute approximate surface area is 88.3 Å². The Balaban J connectivity index is 2.44. The summed E-state index contributed by atoms with van der Waals surface area (Å²) in [5.41, 5.74) is 0. The van der Waals surface area contributed by atoms with Crippen molar-refractivity contribution in [2.75, 3.05) is 0 Å². The van der Waals surface area contributed by atoms with E-state index in [-0.39, 0.29) is 0 Å². The predicted molar refractivity (Wildman–Crippen MR) is 60.2 cm³/mol. The number of rotatable bonds is 4. The Kier molecular flexibility index (Phi) is 4.64. The molecule has 0 saturated heterocycles.